The topological polar surface area (TPSA) is 40.6 Å². The lowest BCUT2D eigenvalue weighted by Gasteiger charge is -2.44. The largest absolute Gasteiger partial charge is 0.336 e. The summed E-state index contributed by atoms with van der Waals surface area (Å²) in [5, 5.41) is 0. The molecule has 30 heavy (non-hydrogen) atoms. The van der Waals surface area contributed by atoms with Crippen molar-refractivity contribution in [2.24, 2.45) is 11.8 Å². The van der Waals surface area contributed by atoms with E-state index in [0.29, 0.717) is 24.9 Å². The molecular weight excluding hydrogens is 372 g/mol. The van der Waals surface area contributed by atoms with Crippen LogP contribution in [0.25, 0.3) is 0 Å². The van der Waals surface area contributed by atoms with E-state index in [2.05, 4.69) is 38.1 Å². The van der Waals surface area contributed by atoms with E-state index in [1.807, 2.05) is 46.2 Å². The number of carbonyl (C=O) groups excluding carboxylic acids is 2. The molecule has 0 N–H and O–H groups in total. The standard InChI is InChI=1S/C26H30N2O2/c1-17-15-28(26(30)24-14-22(24)20-11-7-4-8-12-20)18(2)16-27(17)25(29)23-13-21(23)19-9-5-3-6-10-19/h3-12,17-18,21-24H,13-16H2,1-2H3. The van der Waals surface area contributed by atoms with Crippen LogP contribution in [0, 0.1) is 11.8 Å². The Morgan fingerprint density at radius 3 is 1.40 bits per heavy atom. The van der Waals surface area contributed by atoms with Gasteiger partial charge in [0.15, 0.2) is 0 Å². The first-order valence-corrected chi connectivity index (χ1v) is 11.3. The van der Waals surface area contributed by atoms with E-state index in [1.165, 1.54) is 11.1 Å². The Balaban J connectivity index is 1.20. The third kappa shape index (κ3) is 3.53. The normalized spacial score (nSPS) is 32.6. The van der Waals surface area contributed by atoms with E-state index < -0.39 is 0 Å². The molecule has 0 radical (unpaired) electrons. The van der Waals surface area contributed by atoms with Gasteiger partial charge in [-0.3, -0.25) is 9.59 Å². The fourth-order valence-electron chi connectivity index (χ4n) is 5.24. The second kappa shape index (κ2) is 7.57. The summed E-state index contributed by atoms with van der Waals surface area (Å²) in [7, 11) is 0. The average Bonchev–Trinajstić information content (AvgIpc) is 3.69. The molecule has 2 aromatic carbocycles. The van der Waals surface area contributed by atoms with E-state index in [-0.39, 0.29) is 35.7 Å². The molecule has 156 valence electrons. The lowest BCUT2D eigenvalue weighted by molar-refractivity contribution is -0.147. The van der Waals surface area contributed by atoms with E-state index >= 15 is 0 Å². The molecule has 0 spiro atoms. The average molecular weight is 403 g/mol. The number of amides is 2. The highest BCUT2D eigenvalue weighted by Crippen LogP contribution is 2.50. The molecule has 4 nitrogen and oxygen atoms in total. The van der Waals surface area contributed by atoms with Gasteiger partial charge in [0.25, 0.3) is 0 Å². The Bertz CT molecular complexity index is 851. The fraction of sp³-hybridized carbons (Fsp3) is 0.462. The Morgan fingerprint density at radius 1 is 0.667 bits per heavy atom. The number of nitrogens with zero attached hydrogens (tertiary/aromatic N) is 2. The molecule has 6 unspecified atom stereocenters. The van der Waals surface area contributed by atoms with Crippen LogP contribution in [0.2, 0.25) is 0 Å². The van der Waals surface area contributed by atoms with Crippen molar-refractivity contribution in [2.75, 3.05) is 13.1 Å². The fourth-order valence-corrected chi connectivity index (χ4v) is 5.24. The summed E-state index contributed by atoms with van der Waals surface area (Å²) in [5.74, 6) is 1.47. The molecule has 0 aromatic heterocycles. The quantitative estimate of drug-likeness (QED) is 0.774. The molecule has 1 saturated heterocycles. The molecule has 1 aliphatic heterocycles. The molecule has 1 heterocycles. The Kier molecular flexibility index (Phi) is 4.88. The second-order valence-corrected chi connectivity index (χ2v) is 9.40. The highest BCUT2D eigenvalue weighted by atomic mass is 16.2. The highest BCUT2D eigenvalue weighted by Gasteiger charge is 2.50. The van der Waals surface area contributed by atoms with Crippen LogP contribution in [0.5, 0.6) is 0 Å². The summed E-state index contributed by atoms with van der Waals surface area (Å²) in [6.07, 6.45) is 1.90. The van der Waals surface area contributed by atoms with Gasteiger partial charge in [-0.2, -0.15) is 0 Å². The number of benzene rings is 2. The lowest BCUT2D eigenvalue weighted by Crippen LogP contribution is -2.60. The zero-order valence-corrected chi connectivity index (χ0v) is 17.8. The Labute approximate surface area is 178 Å². The molecule has 0 bridgehead atoms. The van der Waals surface area contributed by atoms with Crippen LogP contribution in [0.4, 0.5) is 0 Å². The number of hydrogen-bond donors (Lipinski definition) is 0. The zero-order valence-electron chi connectivity index (χ0n) is 17.8. The summed E-state index contributed by atoms with van der Waals surface area (Å²) in [5.41, 5.74) is 2.54. The van der Waals surface area contributed by atoms with Gasteiger partial charge in [-0.1, -0.05) is 60.7 Å². The Hall–Kier alpha value is -2.62. The predicted octanol–water partition coefficient (Wildman–Crippen LogP) is 4.04. The van der Waals surface area contributed by atoms with E-state index in [0.717, 1.165) is 12.8 Å². The molecule has 2 aliphatic carbocycles. The van der Waals surface area contributed by atoms with Crippen molar-refractivity contribution in [3.8, 4) is 0 Å². The molecule has 3 fully saturated rings. The molecular formula is C26H30N2O2. The maximum absolute atomic E-state index is 13.2. The van der Waals surface area contributed by atoms with Gasteiger partial charge in [-0.05, 0) is 49.7 Å². The van der Waals surface area contributed by atoms with E-state index in [1.54, 1.807) is 0 Å². The first-order chi connectivity index (χ1) is 14.5. The van der Waals surface area contributed by atoms with Crippen LogP contribution in [0.1, 0.15) is 49.7 Å². The maximum atomic E-state index is 13.2. The second-order valence-electron chi connectivity index (χ2n) is 9.40. The summed E-state index contributed by atoms with van der Waals surface area (Å²) in [4.78, 5) is 30.4. The highest BCUT2D eigenvalue weighted by molar-refractivity contribution is 5.85. The van der Waals surface area contributed by atoms with E-state index in [9.17, 15) is 9.59 Å². The summed E-state index contributed by atoms with van der Waals surface area (Å²) in [6, 6.07) is 20.9. The van der Waals surface area contributed by atoms with Crippen molar-refractivity contribution in [2.45, 2.75) is 50.6 Å². The van der Waals surface area contributed by atoms with Crippen molar-refractivity contribution in [3.63, 3.8) is 0 Å². The minimum Gasteiger partial charge on any atom is -0.336 e. The van der Waals surface area contributed by atoms with Gasteiger partial charge in [-0.15, -0.1) is 0 Å². The van der Waals surface area contributed by atoms with Crippen LogP contribution in [-0.4, -0.2) is 46.8 Å². The van der Waals surface area contributed by atoms with Crippen molar-refractivity contribution in [1.29, 1.82) is 0 Å². The van der Waals surface area contributed by atoms with Crippen molar-refractivity contribution in [1.82, 2.24) is 9.80 Å². The predicted molar refractivity (Wildman–Crippen MR) is 117 cm³/mol. The van der Waals surface area contributed by atoms with Crippen molar-refractivity contribution < 1.29 is 9.59 Å². The first kappa shape index (κ1) is 19.3. The van der Waals surface area contributed by atoms with Gasteiger partial charge in [-0.25, -0.2) is 0 Å². The van der Waals surface area contributed by atoms with Crippen LogP contribution in [0.3, 0.4) is 0 Å². The van der Waals surface area contributed by atoms with Crippen molar-refractivity contribution >= 4 is 11.8 Å². The number of piperazine rings is 1. The molecule has 2 saturated carbocycles. The summed E-state index contributed by atoms with van der Waals surface area (Å²) >= 11 is 0. The molecule has 2 amide bonds. The number of carbonyl (C=O) groups is 2. The van der Waals surface area contributed by atoms with E-state index in [4.69, 9.17) is 0 Å². The van der Waals surface area contributed by atoms with Crippen LogP contribution >= 0.6 is 0 Å². The smallest absolute Gasteiger partial charge is 0.226 e. The maximum Gasteiger partial charge on any atom is 0.226 e. The number of hydrogen-bond acceptors (Lipinski definition) is 2. The Morgan fingerprint density at radius 2 is 1.03 bits per heavy atom. The SMILES string of the molecule is CC1CN(C(=O)C2CC2c2ccccc2)C(C)CN1C(=O)C1CC1c1ccccc1. The lowest BCUT2D eigenvalue weighted by atomic mass is 10.0. The third-order valence-electron chi connectivity index (χ3n) is 7.22. The van der Waals surface area contributed by atoms with Gasteiger partial charge in [0.2, 0.25) is 11.8 Å². The van der Waals surface area contributed by atoms with Gasteiger partial charge >= 0.3 is 0 Å². The van der Waals surface area contributed by atoms with Crippen LogP contribution in [-0.2, 0) is 9.59 Å². The monoisotopic (exact) mass is 402 g/mol. The summed E-state index contributed by atoms with van der Waals surface area (Å²) in [6.45, 7) is 5.47. The molecule has 6 atom stereocenters. The molecule has 2 aromatic rings. The summed E-state index contributed by atoms with van der Waals surface area (Å²) < 4.78 is 0. The first-order valence-electron chi connectivity index (χ1n) is 11.3. The molecule has 5 rings (SSSR count). The van der Waals surface area contributed by atoms with Crippen LogP contribution in [0.15, 0.2) is 60.7 Å². The van der Waals surface area contributed by atoms with Crippen molar-refractivity contribution in [3.05, 3.63) is 71.8 Å². The van der Waals surface area contributed by atoms with Gasteiger partial charge in [0.05, 0.1) is 0 Å². The minimum atomic E-state index is 0.0728. The number of rotatable bonds is 4. The van der Waals surface area contributed by atoms with Gasteiger partial charge in [0.1, 0.15) is 0 Å². The third-order valence-corrected chi connectivity index (χ3v) is 7.22. The minimum absolute atomic E-state index is 0.0728. The van der Waals surface area contributed by atoms with Crippen LogP contribution < -0.4 is 0 Å². The van der Waals surface area contributed by atoms with Gasteiger partial charge < -0.3 is 9.80 Å². The molecule has 4 heteroatoms. The van der Waals surface area contributed by atoms with Gasteiger partial charge in [0, 0.05) is 37.0 Å². The zero-order chi connectivity index (χ0) is 20.8. The molecule has 3 aliphatic rings.